The second-order valence-electron chi connectivity index (χ2n) is 4.67. The number of benzene rings is 1. The number of carbonyl (C=O) groups is 3. The van der Waals surface area contributed by atoms with Crippen molar-refractivity contribution in [3.8, 4) is 0 Å². The summed E-state index contributed by atoms with van der Waals surface area (Å²) in [7, 11) is 0. The molecule has 1 aromatic heterocycles. The first-order valence-corrected chi connectivity index (χ1v) is 7.51. The molecule has 2 rings (SSSR count). The number of nitrogens with one attached hydrogen (secondary N) is 2. The number of halogens is 1. The number of Topliss-reactive ketones (excluding diaryl/α,β-unsaturated/α-hetero) is 1. The Labute approximate surface area is 135 Å². The Balaban J connectivity index is 2.18. The topological polar surface area (TPSA) is 88.3 Å². The average Bonchev–Trinajstić information content (AvgIpc) is 2.89. The first kappa shape index (κ1) is 16.2. The van der Waals surface area contributed by atoms with Crippen LogP contribution in [0, 0.1) is 0 Å². The monoisotopic (exact) mass is 366 g/mol. The van der Waals surface area contributed by atoms with Crippen LogP contribution in [0.4, 0.5) is 0 Å². The summed E-state index contributed by atoms with van der Waals surface area (Å²) < 4.78 is 5.58. The number of rotatable bonds is 5. The summed E-state index contributed by atoms with van der Waals surface area (Å²) in [6, 6.07) is 4.50. The van der Waals surface area contributed by atoms with Gasteiger partial charge in [0.15, 0.2) is 0 Å². The predicted molar refractivity (Wildman–Crippen MR) is 84.6 cm³/mol. The van der Waals surface area contributed by atoms with Crippen molar-refractivity contribution < 1.29 is 19.1 Å². The lowest BCUT2D eigenvalue weighted by molar-refractivity contribution is -0.146. The summed E-state index contributed by atoms with van der Waals surface area (Å²) in [6.45, 7) is 3.35. The SMILES string of the molecule is CCOC(=O)[C@@H](C)NC(=O)C(=O)c1c[nH]c2ccc(Br)cc12. The molecule has 1 atom stereocenters. The van der Waals surface area contributed by atoms with Crippen molar-refractivity contribution >= 4 is 44.5 Å². The molecule has 1 heterocycles. The van der Waals surface area contributed by atoms with Gasteiger partial charge in [0.05, 0.1) is 12.2 Å². The number of aromatic amines is 1. The number of hydrogen-bond acceptors (Lipinski definition) is 4. The van der Waals surface area contributed by atoms with Crippen LogP contribution in [0.25, 0.3) is 10.9 Å². The maximum Gasteiger partial charge on any atom is 0.328 e. The quantitative estimate of drug-likeness (QED) is 0.482. The Morgan fingerprint density at radius 1 is 1.36 bits per heavy atom. The summed E-state index contributed by atoms with van der Waals surface area (Å²) in [5.74, 6) is -2.13. The van der Waals surface area contributed by atoms with Crippen LogP contribution in [0.15, 0.2) is 28.9 Å². The lowest BCUT2D eigenvalue weighted by Gasteiger charge is -2.11. The van der Waals surface area contributed by atoms with E-state index in [1.165, 1.54) is 13.1 Å². The molecule has 1 aromatic carbocycles. The molecule has 6 nitrogen and oxygen atoms in total. The minimum atomic E-state index is -0.881. The molecule has 0 bridgehead atoms. The van der Waals surface area contributed by atoms with Crippen molar-refractivity contribution in [2.45, 2.75) is 19.9 Å². The Kier molecular flexibility index (Phi) is 4.97. The van der Waals surface area contributed by atoms with Gasteiger partial charge in [-0.15, -0.1) is 0 Å². The molecule has 0 fully saturated rings. The second kappa shape index (κ2) is 6.74. The maximum absolute atomic E-state index is 12.2. The van der Waals surface area contributed by atoms with Crippen LogP contribution in [0.1, 0.15) is 24.2 Å². The number of hydrogen-bond donors (Lipinski definition) is 2. The van der Waals surface area contributed by atoms with Crippen molar-refractivity contribution in [1.29, 1.82) is 0 Å². The molecule has 0 unspecified atom stereocenters. The summed E-state index contributed by atoms with van der Waals surface area (Å²) >= 11 is 3.33. The van der Waals surface area contributed by atoms with E-state index in [-0.39, 0.29) is 12.2 Å². The minimum absolute atomic E-state index is 0.212. The number of aromatic nitrogens is 1. The zero-order valence-corrected chi connectivity index (χ0v) is 13.7. The smallest absolute Gasteiger partial charge is 0.328 e. The van der Waals surface area contributed by atoms with Gasteiger partial charge in [-0.2, -0.15) is 0 Å². The predicted octanol–water partition coefficient (Wildman–Crippen LogP) is 2.18. The molecule has 2 N–H and O–H groups in total. The van der Waals surface area contributed by atoms with Crippen LogP contribution < -0.4 is 5.32 Å². The molecule has 0 saturated carbocycles. The van der Waals surface area contributed by atoms with E-state index in [2.05, 4.69) is 26.2 Å². The van der Waals surface area contributed by atoms with Gasteiger partial charge in [0.1, 0.15) is 6.04 Å². The van der Waals surface area contributed by atoms with E-state index >= 15 is 0 Å². The number of carbonyl (C=O) groups excluding carboxylic acids is 3. The number of esters is 1. The van der Waals surface area contributed by atoms with Gasteiger partial charge in [0, 0.05) is 21.6 Å². The Bertz CT molecular complexity index is 738. The number of ketones is 1. The molecule has 22 heavy (non-hydrogen) atoms. The fourth-order valence-electron chi connectivity index (χ4n) is 1.99. The third kappa shape index (κ3) is 3.36. The molecule has 1 amide bonds. The molecular formula is C15H15BrN2O4. The summed E-state index contributed by atoms with van der Waals surface area (Å²) in [5.41, 5.74) is 1.00. The molecule has 0 aliphatic heterocycles. The molecule has 0 radical (unpaired) electrons. The van der Waals surface area contributed by atoms with Gasteiger partial charge in [0.2, 0.25) is 0 Å². The summed E-state index contributed by atoms with van der Waals surface area (Å²) in [5, 5.41) is 2.98. The third-order valence-electron chi connectivity index (χ3n) is 3.08. The van der Waals surface area contributed by atoms with Crippen LogP contribution in [0.2, 0.25) is 0 Å². The molecule has 116 valence electrons. The maximum atomic E-state index is 12.2. The van der Waals surface area contributed by atoms with E-state index in [0.29, 0.717) is 5.39 Å². The van der Waals surface area contributed by atoms with E-state index in [1.807, 2.05) is 6.07 Å². The van der Waals surface area contributed by atoms with Gasteiger partial charge >= 0.3 is 5.97 Å². The molecule has 7 heteroatoms. The highest BCUT2D eigenvalue weighted by atomic mass is 79.9. The molecule has 0 aliphatic carbocycles. The van der Waals surface area contributed by atoms with Gasteiger partial charge in [0.25, 0.3) is 11.7 Å². The van der Waals surface area contributed by atoms with Crippen molar-refractivity contribution in [1.82, 2.24) is 10.3 Å². The Morgan fingerprint density at radius 2 is 2.09 bits per heavy atom. The van der Waals surface area contributed by atoms with Gasteiger partial charge in [-0.1, -0.05) is 15.9 Å². The molecule has 0 saturated heterocycles. The Hall–Kier alpha value is -2.15. The fraction of sp³-hybridized carbons (Fsp3) is 0.267. The highest BCUT2D eigenvalue weighted by molar-refractivity contribution is 9.10. The van der Waals surface area contributed by atoms with Gasteiger partial charge in [-0.05, 0) is 32.0 Å². The van der Waals surface area contributed by atoms with Gasteiger partial charge < -0.3 is 15.0 Å². The highest BCUT2D eigenvalue weighted by Gasteiger charge is 2.24. The lowest BCUT2D eigenvalue weighted by Crippen LogP contribution is -2.42. The standard InChI is InChI=1S/C15H15BrN2O4/c1-3-22-15(21)8(2)18-14(20)13(19)11-7-17-12-5-4-9(16)6-10(11)12/h4-8,17H,3H2,1-2H3,(H,18,20)/t8-/m1/s1. The Morgan fingerprint density at radius 3 is 2.77 bits per heavy atom. The molecular weight excluding hydrogens is 352 g/mol. The van der Waals surface area contributed by atoms with Crippen molar-refractivity contribution in [3.05, 3.63) is 34.4 Å². The average molecular weight is 367 g/mol. The normalized spacial score (nSPS) is 12.0. The van der Waals surface area contributed by atoms with E-state index in [0.717, 1.165) is 9.99 Å². The minimum Gasteiger partial charge on any atom is -0.464 e. The number of amides is 1. The zero-order chi connectivity index (χ0) is 16.3. The second-order valence-corrected chi connectivity index (χ2v) is 5.58. The van der Waals surface area contributed by atoms with E-state index in [4.69, 9.17) is 4.74 Å². The molecule has 2 aromatic rings. The van der Waals surface area contributed by atoms with Gasteiger partial charge in [-0.3, -0.25) is 9.59 Å². The highest BCUT2D eigenvalue weighted by Crippen LogP contribution is 2.23. The van der Waals surface area contributed by atoms with E-state index in [1.54, 1.807) is 19.1 Å². The van der Waals surface area contributed by atoms with E-state index < -0.39 is 23.7 Å². The van der Waals surface area contributed by atoms with Gasteiger partial charge in [-0.25, -0.2) is 4.79 Å². The summed E-state index contributed by atoms with van der Waals surface area (Å²) in [4.78, 5) is 38.7. The first-order chi connectivity index (χ1) is 10.4. The van der Waals surface area contributed by atoms with Crippen molar-refractivity contribution in [2.24, 2.45) is 0 Å². The zero-order valence-electron chi connectivity index (χ0n) is 12.1. The number of ether oxygens (including phenoxy) is 1. The van der Waals surface area contributed by atoms with Crippen LogP contribution >= 0.6 is 15.9 Å². The van der Waals surface area contributed by atoms with Crippen molar-refractivity contribution in [3.63, 3.8) is 0 Å². The lowest BCUT2D eigenvalue weighted by atomic mass is 10.1. The molecule has 0 aliphatic rings. The number of H-pyrrole nitrogens is 1. The van der Waals surface area contributed by atoms with Crippen LogP contribution in [0.5, 0.6) is 0 Å². The fourth-order valence-corrected chi connectivity index (χ4v) is 2.35. The number of fused-ring (bicyclic) bond motifs is 1. The first-order valence-electron chi connectivity index (χ1n) is 6.72. The molecule has 0 spiro atoms. The third-order valence-corrected chi connectivity index (χ3v) is 3.58. The van der Waals surface area contributed by atoms with Crippen LogP contribution in [-0.2, 0) is 14.3 Å². The van der Waals surface area contributed by atoms with E-state index in [9.17, 15) is 14.4 Å². The van der Waals surface area contributed by atoms with Crippen LogP contribution in [0.3, 0.4) is 0 Å². The van der Waals surface area contributed by atoms with Crippen LogP contribution in [-0.4, -0.2) is 35.3 Å². The largest absolute Gasteiger partial charge is 0.464 e. The van der Waals surface area contributed by atoms with Crippen molar-refractivity contribution in [2.75, 3.05) is 6.61 Å². The summed E-state index contributed by atoms with van der Waals surface area (Å²) in [6.07, 6.45) is 1.48.